The first-order valence-corrected chi connectivity index (χ1v) is 5.86. The molecule has 0 spiro atoms. The van der Waals surface area contributed by atoms with Crippen molar-refractivity contribution in [1.29, 1.82) is 0 Å². The summed E-state index contributed by atoms with van der Waals surface area (Å²) in [7, 11) is 0. The van der Waals surface area contributed by atoms with E-state index in [1.807, 2.05) is 11.4 Å². The van der Waals surface area contributed by atoms with Gasteiger partial charge in [0.2, 0.25) is 5.78 Å². The number of carbonyl (C=O) groups is 1. The lowest BCUT2D eigenvalue weighted by Crippen LogP contribution is -1.99. The van der Waals surface area contributed by atoms with Crippen LogP contribution >= 0.6 is 34.5 Å². The summed E-state index contributed by atoms with van der Waals surface area (Å²) in [6, 6.07) is 8.65. The van der Waals surface area contributed by atoms with Crippen LogP contribution in [0.15, 0.2) is 35.7 Å². The van der Waals surface area contributed by atoms with Crippen LogP contribution in [0, 0.1) is 0 Å². The van der Waals surface area contributed by atoms with E-state index in [1.54, 1.807) is 24.3 Å². The van der Waals surface area contributed by atoms with Crippen LogP contribution in [0.2, 0.25) is 10.0 Å². The lowest BCUT2D eigenvalue weighted by atomic mass is 10.1. The molecule has 1 aromatic carbocycles. The molecule has 0 aliphatic rings. The van der Waals surface area contributed by atoms with Crippen molar-refractivity contribution in [3.05, 3.63) is 56.2 Å². The zero-order valence-electron chi connectivity index (χ0n) is 7.54. The highest BCUT2D eigenvalue weighted by Crippen LogP contribution is 2.28. The second-order valence-corrected chi connectivity index (χ2v) is 4.64. The largest absolute Gasteiger partial charge is 0.288 e. The van der Waals surface area contributed by atoms with Crippen molar-refractivity contribution < 1.29 is 4.79 Å². The Morgan fingerprint density at radius 1 is 1.13 bits per heavy atom. The summed E-state index contributed by atoms with van der Waals surface area (Å²) < 4.78 is 0. The fourth-order valence-electron chi connectivity index (χ4n) is 1.22. The Labute approximate surface area is 101 Å². The summed E-state index contributed by atoms with van der Waals surface area (Å²) in [5.41, 5.74) is 0.451. The summed E-state index contributed by atoms with van der Waals surface area (Å²) in [4.78, 5) is 12.6. The fraction of sp³-hybridized carbons (Fsp3) is 0. The molecule has 0 amide bonds. The smallest absolute Gasteiger partial charge is 0.204 e. The molecule has 0 saturated carbocycles. The molecule has 0 aliphatic heterocycles. The first-order valence-electron chi connectivity index (χ1n) is 4.22. The van der Waals surface area contributed by atoms with E-state index in [1.165, 1.54) is 11.3 Å². The van der Waals surface area contributed by atoms with Gasteiger partial charge < -0.3 is 0 Å². The standard InChI is InChI=1S/C11H6Cl2OS/c12-8-4-1-3-7(10(8)13)11(14)9-5-2-6-15-9/h1-6H. The molecule has 0 bridgehead atoms. The van der Waals surface area contributed by atoms with Crippen LogP contribution in [0.3, 0.4) is 0 Å². The summed E-state index contributed by atoms with van der Waals surface area (Å²) in [5, 5.41) is 2.57. The van der Waals surface area contributed by atoms with Gasteiger partial charge in [-0.3, -0.25) is 4.79 Å². The van der Waals surface area contributed by atoms with Gasteiger partial charge in [-0.1, -0.05) is 35.3 Å². The van der Waals surface area contributed by atoms with Crippen molar-refractivity contribution in [3.63, 3.8) is 0 Å². The minimum Gasteiger partial charge on any atom is -0.288 e. The maximum Gasteiger partial charge on any atom is 0.204 e. The van der Waals surface area contributed by atoms with Crippen molar-refractivity contribution in [3.8, 4) is 0 Å². The molecule has 0 N–H and O–H groups in total. The molecule has 0 fully saturated rings. The molecule has 0 saturated heterocycles. The van der Waals surface area contributed by atoms with Gasteiger partial charge in [0.1, 0.15) is 0 Å². The van der Waals surface area contributed by atoms with Crippen LogP contribution in [0.5, 0.6) is 0 Å². The highest BCUT2D eigenvalue weighted by atomic mass is 35.5. The molecule has 1 aromatic heterocycles. The first kappa shape index (κ1) is 10.7. The number of hydrogen-bond donors (Lipinski definition) is 0. The molecule has 2 aromatic rings. The topological polar surface area (TPSA) is 17.1 Å². The van der Waals surface area contributed by atoms with Crippen LogP contribution in [0.25, 0.3) is 0 Å². The molecule has 1 heterocycles. The maximum atomic E-state index is 11.9. The number of benzene rings is 1. The van der Waals surface area contributed by atoms with Crippen LogP contribution < -0.4 is 0 Å². The summed E-state index contributed by atoms with van der Waals surface area (Å²) in [6.07, 6.45) is 0. The van der Waals surface area contributed by atoms with Crippen molar-refractivity contribution in [2.45, 2.75) is 0 Å². The molecule has 2 rings (SSSR count). The monoisotopic (exact) mass is 256 g/mol. The molecule has 0 radical (unpaired) electrons. The van der Waals surface area contributed by atoms with Crippen molar-refractivity contribution in [2.75, 3.05) is 0 Å². The van der Waals surface area contributed by atoms with E-state index < -0.39 is 0 Å². The SMILES string of the molecule is O=C(c1cccs1)c1cccc(Cl)c1Cl. The molecule has 0 aliphatic carbocycles. The first-order chi connectivity index (χ1) is 7.20. The summed E-state index contributed by atoms with van der Waals surface area (Å²) in [5.74, 6) is -0.0856. The van der Waals surface area contributed by atoms with E-state index in [4.69, 9.17) is 23.2 Å². The van der Waals surface area contributed by atoms with E-state index in [-0.39, 0.29) is 5.78 Å². The molecule has 0 unspecified atom stereocenters. The van der Waals surface area contributed by atoms with Gasteiger partial charge in [-0.2, -0.15) is 0 Å². The number of ketones is 1. The molecule has 76 valence electrons. The van der Waals surface area contributed by atoms with Crippen LogP contribution in [-0.2, 0) is 0 Å². The van der Waals surface area contributed by atoms with Gasteiger partial charge in [0, 0.05) is 5.56 Å². The Morgan fingerprint density at radius 2 is 1.93 bits per heavy atom. The average molecular weight is 257 g/mol. The molecular formula is C11H6Cl2OS. The zero-order valence-corrected chi connectivity index (χ0v) is 9.86. The number of thiophene rings is 1. The Hall–Kier alpha value is -0.830. The van der Waals surface area contributed by atoms with E-state index in [0.717, 1.165) is 0 Å². The van der Waals surface area contributed by atoms with Crippen molar-refractivity contribution >= 4 is 40.3 Å². The van der Waals surface area contributed by atoms with Gasteiger partial charge in [0.05, 0.1) is 14.9 Å². The Bertz CT molecular complexity index is 491. The average Bonchev–Trinajstić information content (AvgIpc) is 2.74. The van der Waals surface area contributed by atoms with Crippen LogP contribution in [-0.4, -0.2) is 5.78 Å². The second kappa shape index (κ2) is 4.35. The van der Waals surface area contributed by atoms with E-state index >= 15 is 0 Å². The summed E-state index contributed by atoms with van der Waals surface area (Å²) >= 11 is 13.2. The van der Waals surface area contributed by atoms with Gasteiger partial charge >= 0.3 is 0 Å². The third-order valence-corrected chi connectivity index (χ3v) is 3.63. The Morgan fingerprint density at radius 3 is 2.60 bits per heavy atom. The zero-order chi connectivity index (χ0) is 10.8. The third kappa shape index (κ3) is 2.07. The van der Waals surface area contributed by atoms with Gasteiger partial charge in [-0.25, -0.2) is 0 Å². The minimum absolute atomic E-state index is 0.0856. The molecular weight excluding hydrogens is 251 g/mol. The highest BCUT2D eigenvalue weighted by Gasteiger charge is 2.14. The number of carbonyl (C=O) groups excluding carboxylic acids is 1. The molecule has 4 heteroatoms. The number of rotatable bonds is 2. The van der Waals surface area contributed by atoms with Gasteiger partial charge in [0.25, 0.3) is 0 Å². The lowest BCUT2D eigenvalue weighted by molar-refractivity contribution is 0.104. The van der Waals surface area contributed by atoms with Crippen molar-refractivity contribution in [2.24, 2.45) is 0 Å². The van der Waals surface area contributed by atoms with Crippen molar-refractivity contribution in [1.82, 2.24) is 0 Å². The fourth-order valence-corrected chi connectivity index (χ4v) is 2.28. The van der Waals surface area contributed by atoms with E-state index in [0.29, 0.717) is 20.5 Å². The second-order valence-electron chi connectivity index (χ2n) is 2.91. The molecule has 15 heavy (non-hydrogen) atoms. The minimum atomic E-state index is -0.0856. The van der Waals surface area contributed by atoms with E-state index in [9.17, 15) is 4.79 Å². The van der Waals surface area contributed by atoms with Crippen LogP contribution in [0.1, 0.15) is 15.2 Å². The Balaban J connectivity index is 2.47. The predicted molar refractivity (Wildman–Crippen MR) is 64.2 cm³/mol. The predicted octanol–water partition coefficient (Wildman–Crippen LogP) is 4.29. The molecule has 0 atom stereocenters. The number of halogens is 2. The van der Waals surface area contributed by atoms with Gasteiger partial charge in [-0.15, -0.1) is 11.3 Å². The highest BCUT2D eigenvalue weighted by molar-refractivity contribution is 7.12. The van der Waals surface area contributed by atoms with E-state index in [2.05, 4.69) is 0 Å². The third-order valence-electron chi connectivity index (χ3n) is 1.94. The summed E-state index contributed by atoms with van der Waals surface area (Å²) in [6.45, 7) is 0. The number of hydrogen-bond acceptors (Lipinski definition) is 2. The molecule has 1 nitrogen and oxygen atoms in total. The van der Waals surface area contributed by atoms with Crippen LogP contribution in [0.4, 0.5) is 0 Å². The lowest BCUT2D eigenvalue weighted by Gasteiger charge is -2.02. The Kier molecular flexibility index (Phi) is 3.10. The quantitative estimate of drug-likeness (QED) is 0.733. The van der Waals surface area contributed by atoms with Gasteiger partial charge in [0.15, 0.2) is 0 Å². The maximum absolute atomic E-state index is 11.9. The normalized spacial score (nSPS) is 10.3. The van der Waals surface area contributed by atoms with Gasteiger partial charge in [-0.05, 0) is 23.6 Å².